The van der Waals surface area contributed by atoms with Crippen molar-refractivity contribution >= 4 is 17.9 Å². The Labute approximate surface area is 107 Å². The van der Waals surface area contributed by atoms with Gasteiger partial charge in [-0.1, -0.05) is 6.42 Å². The van der Waals surface area contributed by atoms with E-state index in [1.807, 2.05) is 0 Å². The maximum absolute atomic E-state index is 11.4. The van der Waals surface area contributed by atoms with Crippen molar-refractivity contribution in [2.45, 2.75) is 44.9 Å². The van der Waals surface area contributed by atoms with Gasteiger partial charge in [-0.2, -0.15) is 0 Å². The minimum atomic E-state index is -0.528. The van der Waals surface area contributed by atoms with Crippen LogP contribution in [0.1, 0.15) is 44.9 Å². The Morgan fingerprint density at radius 3 is 2.33 bits per heavy atom. The first-order valence-corrected chi connectivity index (χ1v) is 6.25. The zero-order valence-corrected chi connectivity index (χ0v) is 10.6. The number of hydrogen-bond acceptors (Lipinski definition) is 4. The molecule has 0 bridgehead atoms. The Morgan fingerprint density at radius 1 is 1.06 bits per heavy atom. The first-order valence-electron chi connectivity index (χ1n) is 6.25. The fourth-order valence-electron chi connectivity index (χ4n) is 1.52. The van der Waals surface area contributed by atoms with Crippen molar-refractivity contribution in [2.24, 2.45) is 10.7 Å². The molecular weight excluding hydrogens is 234 g/mol. The maximum Gasteiger partial charge on any atom is 0.312 e. The molecule has 0 fully saturated rings. The van der Waals surface area contributed by atoms with E-state index in [0.29, 0.717) is 25.9 Å². The Bertz CT molecular complexity index is 285. The van der Waals surface area contributed by atoms with Crippen LogP contribution in [0.25, 0.3) is 0 Å². The predicted octanol–water partition coefficient (Wildman–Crippen LogP) is 1.29. The molecule has 0 aromatic rings. The number of nitrogens with two attached hydrogens (primary N) is 1. The molecule has 0 saturated carbocycles. The SMILES string of the molecule is NC(=O)NCCCCC(=O)CCCCCN=C=O. The van der Waals surface area contributed by atoms with E-state index in [2.05, 4.69) is 10.3 Å². The van der Waals surface area contributed by atoms with Crippen LogP contribution in [0.15, 0.2) is 4.99 Å². The van der Waals surface area contributed by atoms with Crippen LogP contribution in [0.2, 0.25) is 0 Å². The lowest BCUT2D eigenvalue weighted by Crippen LogP contribution is -2.30. The number of hydrogen-bond donors (Lipinski definition) is 2. The number of aliphatic imine (C=N–C) groups is 1. The molecule has 0 aliphatic rings. The van der Waals surface area contributed by atoms with Crippen LogP contribution in [-0.2, 0) is 9.59 Å². The second-order valence-corrected chi connectivity index (χ2v) is 4.07. The highest BCUT2D eigenvalue weighted by Gasteiger charge is 2.01. The Kier molecular flexibility index (Phi) is 10.7. The molecule has 18 heavy (non-hydrogen) atoms. The molecule has 0 saturated heterocycles. The summed E-state index contributed by atoms with van der Waals surface area (Å²) < 4.78 is 0. The number of amides is 2. The van der Waals surface area contributed by atoms with Crippen molar-refractivity contribution in [3.63, 3.8) is 0 Å². The summed E-state index contributed by atoms with van der Waals surface area (Å²) in [6.45, 7) is 1.02. The minimum Gasteiger partial charge on any atom is -0.352 e. The summed E-state index contributed by atoms with van der Waals surface area (Å²) >= 11 is 0. The van der Waals surface area contributed by atoms with Gasteiger partial charge in [0.1, 0.15) is 5.78 Å². The summed E-state index contributed by atoms with van der Waals surface area (Å²) in [7, 11) is 0. The van der Waals surface area contributed by atoms with Crippen molar-refractivity contribution in [1.29, 1.82) is 0 Å². The highest BCUT2D eigenvalue weighted by Crippen LogP contribution is 2.05. The van der Waals surface area contributed by atoms with E-state index in [1.165, 1.54) is 6.08 Å². The zero-order valence-electron chi connectivity index (χ0n) is 10.6. The van der Waals surface area contributed by atoms with Gasteiger partial charge >= 0.3 is 6.03 Å². The molecule has 0 radical (unpaired) electrons. The fraction of sp³-hybridized carbons (Fsp3) is 0.750. The summed E-state index contributed by atoms with van der Waals surface area (Å²) in [6, 6.07) is -0.528. The first kappa shape index (κ1) is 16.3. The molecule has 0 aliphatic carbocycles. The van der Waals surface area contributed by atoms with Gasteiger partial charge in [0.15, 0.2) is 0 Å². The number of primary amides is 1. The number of unbranched alkanes of at least 4 members (excludes halogenated alkanes) is 3. The van der Waals surface area contributed by atoms with E-state index in [4.69, 9.17) is 5.73 Å². The number of Topliss-reactive ketones (excluding diaryl/α,β-unsaturated/α-hetero) is 1. The molecule has 2 amide bonds. The summed E-state index contributed by atoms with van der Waals surface area (Å²) in [5, 5.41) is 2.48. The molecule has 6 heteroatoms. The molecular formula is C12H21N3O3. The Hall–Kier alpha value is -1.68. The topological polar surface area (TPSA) is 102 Å². The van der Waals surface area contributed by atoms with Crippen LogP contribution in [0.4, 0.5) is 4.79 Å². The molecule has 0 spiro atoms. The number of carbonyl (C=O) groups excluding carboxylic acids is 3. The number of nitrogens with one attached hydrogen (secondary N) is 1. The third-order valence-corrected chi connectivity index (χ3v) is 2.47. The van der Waals surface area contributed by atoms with Gasteiger partial charge < -0.3 is 11.1 Å². The summed E-state index contributed by atoms with van der Waals surface area (Å²) in [5.74, 6) is 0.243. The average molecular weight is 255 g/mol. The molecule has 0 aromatic heterocycles. The molecule has 0 aromatic carbocycles. The highest BCUT2D eigenvalue weighted by molar-refractivity contribution is 5.78. The molecule has 0 atom stereocenters. The van der Waals surface area contributed by atoms with Crippen molar-refractivity contribution in [2.75, 3.05) is 13.1 Å². The van der Waals surface area contributed by atoms with Crippen molar-refractivity contribution in [3.05, 3.63) is 0 Å². The minimum absolute atomic E-state index is 0.243. The summed E-state index contributed by atoms with van der Waals surface area (Å²) in [5.41, 5.74) is 4.90. The average Bonchev–Trinajstić information content (AvgIpc) is 2.33. The summed E-state index contributed by atoms with van der Waals surface area (Å²) in [6.07, 6.45) is 6.72. The second-order valence-electron chi connectivity index (χ2n) is 4.07. The van der Waals surface area contributed by atoms with Gasteiger partial charge in [-0.15, -0.1) is 0 Å². The van der Waals surface area contributed by atoms with E-state index >= 15 is 0 Å². The van der Waals surface area contributed by atoms with Crippen molar-refractivity contribution in [1.82, 2.24) is 5.32 Å². The Morgan fingerprint density at radius 2 is 1.72 bits per heavy atom. The predicted molar refractivity (Wildman–Crippen MR) is 67.9 cm³/mol. The van der Waals surface area contributed by atoms with Crippen LogP contribution in [0.5, 0.6) is 0 Å². The van der Waals surface area contributed by atoms with Gasteiger partial charge in [-0.3, -0.25) is 4.79 Å². The fourth-order valence-corrected chi connectivity index (χ4v) is 1.52. The number of isocyanates is 1. The van der Waals surface area contributed by atoms with E-state index in [1.54, 1.807) is 0 Å². The Balaban J connectivity index is 3.27. The first-order chi connectivity index (χ1) is 8.66. The van der Waals surface area contributed by atoms with Gasteiger partial charge in [0.05, 0.1) is 6.54 Å². The van der Waals surface area contributed by atoms with Crippen LogP contribution in [-0.4, -0.2) is 31.0 Å². The molecule has 0 heterocycles. The molecule has 102 valence electrons. The van der Waals surface area contributed by atoms with Crippen LogP contribution < -0.4 is 11.1 Å². The lowest BCUT2D eigenvalue weighted by molar-refractivity contribution is -0.119. The van der Waals surface area contributed by atoms with E-state index in [9.17, 15) is 14.4 Å². The molecule has 6 nitrogen and oxygen atoms in total. The number of rotatable bonds is 11. The van der Waals surface area contributed by atoms with Crippen molar-refractivity contribution < 1.29 is 14.4 Å². The molecule has 3 N–H and O–H groups in total. The third kappa shape index (κ3) is 12.4. The monoisotopic (exact) mass is 255 g/mol. The number of ketones is 1. The largest absolute Gasteiger partial charge is 0.352 e. The third-order valence-electron chi connectivity index (χ3n) is 2.47. The van der Waals surface area contributed by atoms with E-state index < -0.39 is 6.03 Å². The van der Waals surface area contributed by atoms with E-state index in [-0.39, 0.29) is 5.78 Å². The maximum atomic E-state index is 11.4. The van der Waals surface area contributed by atoms with Crippen LogP contribution >= 0.6 is 0 Å². The quantitative estimate of drug-likeness (QED) is 0.330. The van der Waals surface area contributed by atoms with Gasteiger partial charge in [0, 0.05) is 19.4 Å². The normalized spacial score (nSPS) is 9.56. The van der Waals surface area contributed by atoms with Gasteiger partial charge in [0.25, 0.3) is 0 Å². The molecule has 0 unspecified atom stereocenters. The number of urea groups is 1. The molecule has 0 aliphatic heterocycles. The van der Waals surface area contributed by atoms with Crippen LogP contribution in [0.3, 0.4) is 0 Å². The van der Waals surface area contributed by atoms with Crippen molar-refractivity contribution in [3.8, 4) is 0 Å². The zero-order chi connectivity index (χ0) is 13.6. The lowest BCUT2D eigenvalue weighted by Gasteiger charge is -2.02. The van der Waals surface area contributed by atoms with Crippen LogP contribution in [0, 0.1) is 0 Å². The van der Waals surface area contributed by atoms with Gasteiger partial charge in [-0.05, 0) is 25.7 Å². The van der Waals surface area contributed by atoms with Gasteiger partial charge in [-0.25, -0.2) is 14.6 Å². The number of nitrogens with zero attached hydrogens (tertiary/aromatic N) is 1. The summed E-state index contributed by atoms with van der Waals surface area (Å²) in [4.78, 5) is 35.0. The van der Waals surface area contributed by atoms with E-state index in [0.717, 1.165) is 32.1 Å². The highest BCUT2D eigenvalue weighted by atomic mass is 16.2. The van der Waals surface area contributed by atoms with Gasteiger partial charge in [0.2, 0.25) is 6.08 Å². The smallest absolute Gasteiger partial charge is 0.312 e. The number of carbonyl (C=O) groups is 2. The second kappa shape index (κ2) is 11.8. The molecule has 0 rings (SSSR count). The standard InChI is InChI=1S/C12H21N3O3/c13-12(18)15-9-5-3-7-11(17)6-2-1-4-8-14-10-16/h1-9H2,(H3,13,15,18). The lowest BCUT2D eigenvalue weighted by atomic mass is 10.1.